The first-order valence-electron chi connectivity index (χ1n) is 5.06. The largest absolute Gasteiger partial charge is 0.307 e. The summed E-state index contributed by atoms with van der Waals surface area (Å²) >= 11 is 7.92. The molecule has 2 heterocycles. The van der Waals surface area contributed by atoms with Crippen LogP contribution in [0.1, 0.15) is 21.5 Å². The summed E-state index contributed by atoms with van der Waals surface area (Å²) in [5.41, 5.74) is 0.883. The first-order chi connectivity index (χ1) is 7.72. The van der Waals surface area contributed by atoms with Gasteiger partial charge in [-0.1, -0.05) is 11.6 Å². The second kappa shape index (κ2) is 4.95. The monoisotopic (exact) mass is 252 g/mol. The Hall–Kier alpha value is -0.900. The van der Waals surface area contributed by atoms with Gasteiger partial charge in [0.15, 0.2) is 0 Å². The van der Waals surface area contributed by atoms with Gasteiger partial charge in [-0.25, -0.2) is 0 Å². The van der Waals surface area contributed by atoms with Crippen LogP contribution in [-0.4, -0.2) is 12.0 Å². The van der Waals surface area contributed by atoms with Crippen LogP contribution in [0, 0.1) is 6.92 Å². The Balaban J connectivity index is 2.40. The Labute approximate surface area is 104 Å². The van der Waals surface area contributed by atoms with Gasteiger partial charge in [-0.05, 0) is 38.2 Å². The Morgan fingerprint density at radius 1 is 1.38 bits per heavy atom. The molecule has 0 saturated carbocycles. The second-order valence-electron chi connectivity index (χ2n) is 3.54. The first-order valence-corrected chi connectivity index (χ1v) is 6.26. The molecule has 0 aliphatic heterocycles. The molecule has 0 saturated heterocycles. The smallest absolute Gasteiger partial charge is 0.0857 e. The maximum Gasteiger partial charge on any atom is 0.0857 e. The molecule has 0 amide bonds. The first kappa shape index (κ1) is 11.6. The van der Waals surface area contributed by atoms with Crippen molar-refractivity contribution in [3.63, 3.8) is 0 Å². The average molecular weight is 253 g/mol. The summed E-state index contributed by atoms with van der Waals surface area (Å²) in [5, 5.41) is 3.95. The highest BCUT2D eigenvalue weighted by Gasteiger charge is 2.17. The molecule has 0 aliphatic rings. The van der Waals surface area contributed by atoms with Gasteiger partial charge in [0.1, 0.15) is 0 Å². The molecule has 0 radical (unpaired) electrons. The van der Waals surface area contributed by atoms with Gasteiger partial charge in [0.2, 0.25) is 0 Å². The zero-order valence-corrected chi connectivity index (χ0v) is 10.8. The summed E-state index contributed by atoms with van der Waals surface area (Å²) in [6.45, 7) is 2.10. The van der Waals surface area contributed by atoms with Crippen LogP contribution in [0.4, 0.5) is 0 Å². The Kier molecular flexibility index (Phi) is 3.59. The van der Waals surface area contributed by atoms with E-state index in [1.54, 1.807) is 17.5 Å². The fraction of sp³-hybridized carbons (Fsp3) is 0.250. The van der Waals surface area contributed by atoms with Gasteiger partial charge in [0, 0.05) is 16.0 Å². The fourth-order valence-electron chi connectivity index (χ4n) is 1.63. The Bertz CT molecular complexity index is 481. The van der Waals surface area contributed by atoms with Crippen molar-refractivity contribution in [3.05, 3.63) is 50.9 Å². The van der Waals surface area contributed by atoms with Crippen molar-refractivity contribution in [2.24, 2.45) is 0 Å². The lowest BCUT2D eigenvalue weighted by Gasteiger charge is -2.14. The van der Waals surface area contributed by atoms with Crippen LogP contribution in [-0.2, 0) is 0 Å². The lowest BCUT2D eigenvalue weighted by Crippen LogP contribution is -2.18. The SMILES string of the molecule is CNC(c1ccc(C)s1)c1ncccc1Cl. The number of hydrogen-bond acceptors (Lipinski definition) is 3. The van der Waals surface area contributed by atoms with Crippen LogP contribution < -0.4 is 5.32 Å². The molecule has 4 heteroatoms. The van der Waals surface area contributed by atoms with Crippen molar-refractivity contribution in [3.8, 4) is 0 Å². The van der Waals surface area contributed by atoms with E-state index in [0.29, 0.717) is 5.02 Å². The number of rotatable bonds is 3. The number of aromatic nitrogens is 1. The van der Waals surface area contributed by atoms with Crippen molar-refractivity contribution in [1.82, 2.24) is 10.3 Å². The van der Waals surface area contributed by atoms with Crippen molar-refractivity contribution in [2.75, 3.05) is 7.05 Å². The highest BCUT2D eigenvalue weighted by atomic mass is 35.5. The summed E-state index contributed by atoms with van der Waals surface area (Å²) in [6, 6.07) is 8.02. The van der Waals surface area contributed by atoms with E-state index >= 15 is 0 Å². The summed E-state index contributed by atoms with van der Waals surface area (Å²) in [7, 11) is 1.92. The van der Waals surface area contributed by atoms with Gasteiger partial charge in [0.05, 0.1) is 16.8 Å². The van der Waals surface area contributed by atoms with E-state index in [1.807, 2.05) is 19.2 Å². The zero-order chi connectivity index (χ0) is 11.5. The third-order valence-electron chi connectivity index (χ3n) is 2.39. The number of nitrogens with zero attached hydrogens (tertiary/aromatic N) is 1. The predicted molar refractivity (Wildman–Crippen MR) is 69.2 cm³/mol. The molecule has 1 N–H and O–H groups in total. The van der Waals surface area contributed by atoms with Crippen molar-refractivity contribution in [2.45, 2.75) is 13.0 Å². The molecule has 0 fully saturated rings. The molecule has 1 atom stereocenters. The van der Waals surface area contributed by atoms with Gasteiger partial charge in [0.25, 0.3) is 0 Å². The van der Waals surface area contributed by atoms with Gasteiger partial charge >= 0.3 is 0 Å². The average Bonchev–Trinajstić information content (AvgIpc) is 2.69. The third-order valence-corrected chi connectivity index (χ3v) is 3.78. The van der Waals surface area contributed by atoms with E-state index in [0.717, 1.165) is 5.69 Å². The summed E-state index contributed by atoms with van der Waals surface area (Å²) < 4.78 is 0. The summed E-state index contributed by atoms with van der Waals surface area (Å²) in [6.07, 6.45) is 1.77. The maximum absolute atomic E-state index is 6.16. The molecule has 2 aromatic heterocycles. The molecule has 0 aromatic carbocycles. The maximum atomic E-state index is 6.16. The minimum absolute atomic E-state index is 0.0763. The molecule has 2 nitrogen and oxygen atoms in total. The molecular weight excluding hydrogens is 240 g/mol. The molecule has 0 aliphatic carbocycles. The number of aryl methyl sites for hydroxylation is 1. The standard InChI is InChI=1S/C12H13ClN2S/c1-8-5-6-10(16-8)12(14-2)11-9(13)4-3-7-15-11/h3-7,12,14H,1-2H3. The van der Waals surface area contributed by atoms with Crippen molar-refractivity contribution in [1.29, 1.82) is 0 Å². The molecule has 1 unspecified atom stereocenters. The predicted octanol–water partition coefficient (Wildman–Crippen LogP) is 3.41. The lowest BCUT2D eigenvalue weighted by molar-refractivity contribution is 0.682. The molecule has 16 heavy (non-hydrogen) atoms. The van der Waals surface area contributed by atoms with E-state index in [4.69, 9.17) is 11.6 Å². The Morgan fingerprint density at radius 3 is 2.75 bits per heavy atom. The summed E-state index contributed by atoms with van der Waals surface area (Å²) in [4.78, 5) is 6.88. The minimum Gasteiger partial charge on any atom is -0.307 e. The van der Waals surface area contributed by atoms with Gasteiger partial charge < -0.3 is 5.32 Å². The number of thiophene rings is 1. The van der Waals surface area contributed by atoms with Crippen molar-refractivity contribution >= 4 is 22.9 Å². The van der Waals surface area contributed by atoms with Crippen LogP contribution >= 0.6 is 22.9 Å². The zero-order valence-electron chi connectivity index (χ0n) is 9.20. The number of pyridine rings is 1. The van der Waals surface area contributed by atoms with Crippen molar-refractivity contribution < 1.29 is 0 Å². The van der Waals surface area contributed by atoms with Crippen LogP contribution in [0.5, 0.6) is 0 Å². The normalized spacial score (nSPS) is 12.7. The van der Waals surface area contributed by atoms with E-state index in [-0.39, 0.29) is 6.04 Å². The van der Waals surface area contributed by atoms with Crippen LogP contribution in [0.15, 0.2) is 30.5 Å². The van der Waals surface area contributed by atoms with Crippen LogP contribution in [0.25, 0.3) is 0 Å². The quantitative estimate of drug-likeness (QED) is 0.906. The van der Waals surface area contributed by atoms with Crippen LogP contribution in [0.2, 0.25) is 5.02 Å². The molecule has 2 rings (SSSR count). The lowest BCUT2D eigenvalue weighted by atomic mass is 10.1. The van der Waals surface area contributed by atoms with E-state index in [2.05, 4.69) is 29.4 Å². The van der Waals surface area contributed by atoms with E-state index < -0.39 is 0 Å². The molecule has 2 aromatic rings. The highest BCUT2D eigenvalue weighted by molar-refractivity contribution is 7.12. The van der Waals surface area contributed by atoms with Gasteiger partial charge in [-0.15, -0.1) is 11.3 Å². The van der Waals surface area contributed by atoms with Crippen LogP contribution in [0.3, 0.4) is 0 Å². The third kappa shape index (κ3) is 2.26. The molecule has 84 valence electrons. The minimum atomic E-state index is 0.0763. The highest BCUT2D eigenvalue weighted by Crippen LogP contribution is 2.30. The van der Waals surface area contributed by atoms with E-state index in [1.165, 1.54) is 9.75 Å². The fourth-order valence-corrected chi connectivity index (χ4v) is 2.85. The number of halogens is 1. The van der Waals surface area contributed by atoms with E-state index in [9.17, 15) is 0 Å². The number of hydrogen-bond donors (Lipinski definition) is 1. The second-order valence-corrected chi connectivity index (χ2v) is 5.27. The molecule has 0 spiro atoms. The topological polar surface area (TPSA) is 24.9 Å². The number of nitrogens with one attached hydrogen (secondary N) is 1. The van der Waals surface area contributed by atoms with Gasteiger partial charge in [-0.2, -0.15) is 0 Å². The van der Waals surface area contributed by atoms with Gasteiger partial charge in [-0.3, -0.25) is 4.98 Å². The Morgan fingerprint density at radius 2 is 2.19 bits per heavy atom. The molecule has 0 bridgehead atoms. The summed E-state index contributed by atoms with van der Waals surface area (Å²) in [5.74, 6) is 0. The molecular formula is C12H13ClN2S.